The topological polar surface area (TPSA) is 92.7 Å². The molecular weight excluding hydrogens is 320 g/mol. The summed E-state index contributed by atoms with van der Waals surface area (Å²) in [4.78, 5) is 15.4. The Kier molecular flexibility index (Phi) is 3.46. The highest BCUT2D eigenvalue weighted by molar-refractivity contribution is 5.84. The van der Waals surface area contributed by atoms with Crippen LogP contribution in [0.25, 0.3) is 28.2 Å². The average molecular weight is 334 g/mol. The lowest BCUT2D eigenvalue weighted by Crippen LogP contribution is -2.07. The molecule has 0 saturated carbocycles. The Labute approximate surface area is 142 Å². The van der Waals surface area contributed by atoms with Gasteiger partial charge in [-0.15, -0.1) is 0 Å². The number of hydrogen-bond donors (Lipinski definition) is 2. The third-order valence-corrected chi connectivity index (χ3v) is 3.88. The summed E-state index contributed by atoms with van der Waals surface area (Å²) in [5, 5.41) is 15.3. The van der Waals surface area contributed by atoms with Crippen LogP contribution in [0.15, 0.2) is 59.4 Å². The van der Waals surface area contributed by atoms with Crippen molar-refractivity contribution in [2.75, 3.05) is 5.32 Å². The molecule has 0 radical (unpaired) electrons. The van der Waals surface area contributed by atoms with E-state index in [4.69, 9.17) is 9.63 Å². The first-order valence-corrected chi connectivity index (χ1v) is 7.62. The minimum Gasteiger partial charge on any atom is -0.465 e. The third-order valence-electron chi connectivity index (χ3n) is 3.88. The number of amides is 1. The zero-order valence-electron chi connectivity index (χ0n) is 13.3. The highest BCUT2D eigenvalue weighted by Crippen LogP contribution is 2.33. The van der Waals surface area contributed by atoms with Gasteiger partial charge in [-0.2, -0.15) is 0 Å². The summed E-state index contributed by atoms with van der Waals surface area (Å²) < 4.78 is 7.21. The van der Waals surface area contributed by atoms with E-state index in [0.29, 0.717) is 22.8 Å². The van der Waals surface area contributed by atoms with Gasteiger partial charge < -0.3 is 14.0 Å². The molecule has 0 fully saturated rings. The SMILES string of the molecule is Cc1onc(-c2ccccc2)c1-c1cn2ccc(NC(=O)O)cc2n1. The van der Waals surface area contributed by atoms with Crippen LogP contribution >= 0.6 is 0 Å². The van der Waals surface area contributed by atoms with E-state index in [-0.39, 0.29) is 0 Å². The average Bonchev–Trinajstić information content (AvgIpc) is 3.17. The lowest BCUT2D eigenvalue weighted by molar-refractivity contribution is 0.210. The van der Waals surface area contributed by atoms with Crippen LogP contribution < -0.4 is 5.32 Å². The highest BCUT2D eigenvalue weighted by atomic mass is 16.5. The first-order chi connectivity index (χ1) is 12.1. The molecule has 2 N–H and O–H groups in total. The molecular formula is C18H14N4O3. The fraction of sp³-hybridized carbons (Fsp3) is 0.0556. The van der Waals surface area contributed by atoms with Crippen LogP contribution in [0.4, 0.5) is 10.5 Å². The molecule has 1 amide bonds. The zero-order valence-corrected chi connectivity index (χ0v) is 13.3. The van der Waals surface area contributed by atoms with E-state index in [1.54, 1.807) is 18.3 Å². The Morgan fingerprint density at radius 1 is 1.24 bits per heavy atom. The van der Waals surface area contributed by atoms with Crippen molar-refractivity contribution in [3.05, 3.63) is 60.6 Å². The Hall–Kier alpha value is -3.61. The molecule has 3 aromatic heterocycles. The van der Waals surface area contributed by atoms with Gasteiger partial charge in [-0.1, -0.05) is 35.5 Å². The normalized spacial score (nSPS) is 10.9. The van der Waals surface area contributed by atoms with Crippen molar-refractivity contribution >= 4 is 17.4 Å². The monoisotopic (exact) mass is 334 g/mol. The van der Waals surface area contributed by atoms with Crippen molar-refractivity contribution in [2.24, 2.45) is 0 Å². The van der Waals surface area contributed by atoms with Crippen molar-refractivity contribution in [2.45, 2.75) is 6.92 Å². The van der Waals surface area contributed by atoms with Crippen molar-refractivity contribution in [1.29, 1.82) is 0 Å². The van der Waals surface area contributed by atoms with Crippen LogP contribution in [0.5, 0.6) is 0 Å². The molecule has 0 unspecified atom stereocenters. The van der Waals surface area contributed by atoms with Crippen molar-refractivity contribution in [3.63, 3.8) is 0 Å². The number of nitrogens with zero attached hydrogens (tertiary/aromatic N) is 3. The van der Waals surface area contributed by atoms with Crippen molar-refractivity contribution in [3.8, 4) is 22.5 Å². The Morgan fingerprint density at radius 3 is 2.80 bits per heavy atom. The minimum atomic E-state index is -1.11. The van der Waals surface area contributed by atoms with E-state index in [1.165, 1.54) is 0 Å². The number of aromatic nitrogens is 3. The second-order valence-corrected chi connectivity index (χ2v) is 5.57. The molecule has 7 heteroatoms. The molecule has 0 aliphatic heterocycles. The number of rotatable bonds is 3. The molecule has 4 aromatic rings. The second-order valence-electron chi connectivity index (χ2n) is 5.57. The number of carbonyl (C=O) groups is 1. The predicted octanol–water partition coefficient (Wildman–Crippen LogP) is 4.05. The summed E-state index contributed by atoms with van der Waals surface area (Å²) in [5.74, 6) is 0.672. The smallest absolute Gasteiger partial charge is 0.409 e. The fourth-order valence-electron chi connectivity index (χ4n) is 2.77. The number of aryl methyl sites for hydroxylation is 1. The number of fused-ring (bicyclic) bond motifs is 1. The van der Waals surface area contributed by atoms with Crippen molar-refractivity contribution in [1.82, 2.24) is 14.5 Å². The summed E-state index contributed by atoms with van der Waals surface area (Å²) >= 11 is 0. The Bertz CT molecular complexity index is 1070. The van der Waals surface area contributed by atoms with Crippen LogP contribution in [0.1, 0.15) is 5.76 Å². The molecule has 0 saturated heterocycles. The molecule has 124 valence electrons. The van der Waals surface area contributed by atoms with E-state index in [9.17, 15) is 4.79 Å². The van der Waals surface area contributed by atoms with E-state index in [1.807, 2.05) is 47.9 Å². The van der Waals surface area contributed by atoms with Crippen molar-refractivity contribution < 1.29 is 14.4 Å². The molecule has 3 heterocycles. The maximum Gasteiger partial charge on any atom is 0.409 e. The van der Waals surface area contributed by atoms with Gasteiger partial charge in [-0.3, -0.25) is 5.32 Å². The van der Waals surface area contributed by atoms with E-state index in [0.717, 1.165) is 16.8 Å². The van der Waals surface area contributed by atoms with E-state index in [2.05, 4.69) is 15.5 Å². The summed E-state index contributed by atoms with van der Waals surface area (Å²) in [6.07, 6.45) is 2.51. The maximum atomic E-state index is 10.8. The molecule has 0 spiro atoms. The van der Waals surface area contributed by atoms with Gasteiger partial charge in [0.1, 0.15) is 17.1 Å². The number of benzene rings is 1. The third kappa shape index (κ3) is 2.72. The first kappa shape index (κ1) is 14.9. The lowest BCUT2D eigenvalue weighted by Gasteiger charge is -2.00. The van der Waals surface area contributed by atoms with Crippen LogP contribution in [-0.4, -0.2) is 25.7 Å². The van der Waals surface area contributed by atoms with Crippen LogP contribution in [0, 0.1) is 6.92 Å². The Morgan fingerprint density at radius 2 is 2.04 bits per heavy atom. The van der Waals surface area contributed by atoms with E-state index < -0.39 is 6.09 Å². The maximum absolute atomic E-state index is 10.8. The van der Waals surface area contributed by atoms with Gasteiger partial charge in [0, 0.05) is 29.7 Å². The molecule has 7 nitrogen and oxygen atoms in total. The molecule has 0 aliphatic carbocycles. The number of carboxylic acid groups (broad SMARTS) is 1. The fourth-order valence-corrected chi connectivity index (χ4v) is 2.77. The van der Waals surface area contributed by atoms with Crippen LogP contribution in [0.2, 0.25) is 0 Å². The first-order valence-electron chi connectivity index (χ1n) is 7.62. The minimum absolute atomic E-state index is 0.461. The van der Waals surface area contributed by atoms with Gasteiger partial charge in [-0.25, -0.2) is 9.78 Å². The Balaban J connectivity index is 1.83. The van der Waals surface area contributed by atoms with Crippen LogP contribution in [0.3, 0.4) is 0 Å². The predicted molar refractivity (Wildman–Crippen MR) is 92.5 cm³/mol. The standard InChI is InChI=1S/C18H14N4O3/c1-11-16(17(21-25-11)12-5-3-2-4-6-12)14-10-22-8-7-13(19-18(23)24)9-15(22)20-14/h2-10,19H,1H3,(H,23,24). The summed E-state index contributed by atoms with van der Waals surface area (Å²) in [6, 6.07) is 13.1. The number of pyridine rings is 1. The summed E-state index contributed by atoms with van der Waals surface area (Å²) in [5.41, 5.74) is 4.29. The van der Waals surface area contributed by atoms with Gasteiger partial charge in [-0.05, 0) is 13.0 Å². The molecule has 25 heavy (non-hydrogen) atoms. The molecule has 1 aromatic carbocycles. The zero-order chi connectivity index (χ0) is 17.4. The van der Waals surface area contributed by atoms with Gasteiger partial charge >= 0.3 is 6.09 Å². The van der Waals surface area contributed by atoms with E-state index >= 15 is 0 Å². The van der Waals surface area contributed by atoms with Gasteiger partial charge in [0.05, 0.1) is 11.3 Å². The van der Waals surface area contributed by atoms with Gasteiger partial charge in [0.15, 0.2) is 0 Å². The molecule has 0 aliphatic rings. The number of hydrogen-bond acceptors (Lipinski definition) is 4. The molecule has 0 atom stereocenters. The lowest BCUT2D eigenvalue weighted by atomic mass is 10.0. The van der Waals surface area contributed by atoms with Gasteiger partial charge in [0.2, 0.25) is 0 Å². The van der Waals surface area contributed by atoms with Gasteiger partial charge in [0.25, 0.3) is 0 Å². The number of anilines is 1. The van der Waals surface area contributed by atoms with Crippen LogP contribution in [-0.2, 0) is 0 Å². The highest BCUT2D eigenvalue weighted by Gasteiger charge is 2.19. The largest absolute Gasteiger partial charge is 0.465 e. The number of imidazole rings is 1. The second kappa shape index (κ2) is 5.79. The number of nitrogens with one attached hydrogen (secondary N) is 1. The summed E-state index contributed by atoms with van der Waals surface area (Å²) in [7, 11) is 0. The molecule has 0 bridgehead atoms. The molecule has 4 rings (SSSR count). The quantitative estimate of drug-likeness (QED) is 0.589. The summed E-state index contributed by atoms with van der Waals surface area (Å²) in [6.45, 7) is 1.84.